The van der Waals surface area contributed by atoms with Gasteiger partial charge in [-0.05, 0) is 70.8 Å². The number of benzene rings is 4. The van der Waals surface area contributed by atoms with E-state index in [1.54, 1.807) is 38.1 Å². The molecular weight excluding hydrogens is 708 g/mol. The summed E-state index contributed by atoms with van der Waals surface area (Å²) in [5.41, 5.74) is 10.3. The van der Waals surface area contributed by atoms with Crippen LogP contribution in [0.15, 0.2) is 97.1 Å². The van der Waals surface area contributed by atoms with E-state index in [9.17, 15) is 34.1 Å². The average Bonchev–Trinajstić information content (AvgIpc) is 3.48. The third-order valence-electron chi connectivity index (χ3n) is 9.30. The van der Waals surface area contributed by atoms with Crippen LogP contribution in [0.25, 0.3) is 11.1 Å². The number of fused-ring (bicyclic) bond motifs is 3. The summed E-state index contributed by atoms with van der Waals surface area (Å²) in [5, 5.41) is 16.1. The van der Waals surface area contributed by atoms with Gasteiger partial charge in [-0.2, -0.15) is 0 Å². The number of nitrogens with two attached hydrogens (primary N) is 1. The number of nitro groups is 1. The number of anilines is 1. The number of carbonyl (C=O) groups excluding carboxylic acids is 5. The van der Waals surface area contributed by atoms with Gasteiger partial charge in [0.2, 0.25) is 5.91 Å². The number of nitrogens with zero attached hydrogens (tertiary/aromatic N) is 1. The third-order valence-corrected chi connectivity index (χ3v) is 9.30. The van der Waals surface area contributed by atoms with Crippen molar-refractivity contribution in [2.45, 2.75) is 45.6 Å². The fourth-order valence-corrected chi connectivity index (χ4v) is 6.56. The number of urea groups is 1. The predicted octanol–water partition coefficient (Wildman–Crippen LogP) is 6.90. The monoisotopic (exact) mass is 750 g/mol. The second-order valence-corrected chi connectivity index (χ2v) is 13.5. The molecule has 14 heteroatoms. The number of Topliss-reactive ketones (excluding diaryl/α,β-unsaturated/α-hetero) is 1. The molecule has 0 aromatic heterocycles. The quantitative estimate of drug-likeness (QED) is 0.0254. The van der Waals surface area contributed by atoms with Gasteiger partial charge in [0.05, 0.1) is 4.92 Å². The number of ether oxygens (including phenoxy) is 3. The van der Waals surface area contributed by atoms with Gasteiger partial charge in [0, 0.05) is 42.6 Å². The molecule has 0 spiro atoms. The minimum Gasteiger partial charge on any atom is -0.464 e. The topological polar surface area (TPSA) is 206 Å². The van der Waals surface area contributed by atoms with Crippen molar-refractivity contribution in [3.05, 3.63) is 124 Å². The maximum Gasteiger partial charge on any atom is 0.514 e. The molecule has 0 saturated carbocycles. The van der Waals surface area contributed by atoms with Crippen molar-refractivity contribution < 1.29 is 43.1 Å². The number of hydrogen-bond donors (Lipinski definition) is 3. The minimum absolute atomic E-state index is 0.0636. The Bertz CT molecular complexity index is 1990. The normalized spacial score (nSPS) is 12.8. The van der Waals surface area contributed by atoms with Crippen LogP contribution in [-0.4, -0.2) is 47.9 Å². The molecule has 4 aromatic rings. The molecule has 1 aliphatic rings. The van der Waals surface area contributed by atoms with E-state index in [1.807, 2.05) is 48.5 Å². The maximum atomic E-state index is 13.8. The summed E-state index contributed by atoms with van der Waals surface area (Å²) in [5.74, 6) is -3.98. The first-order valence-electron chi connectivity index (χ1n) is 17.8. The predicted molar refractivity (Wildman–Crippen MR) is 202 cm³/mol. The number of hydrogen-bond acceptors (Lipinski definition) is 10. The first-order chi connectivity index (χ1) is 26.4. The second kappa shape index (κ2) is 18.5. The zero-order valence-electron chi connectivity index (χ0n) is 30.4. The van der Waals surface area contributed by atoms with E-state index in [2.05, 4.69) is 10.6 Å². The molecule has 2 atom stereocenters. The largest absolute Gasteiger partial charge is 0.514 e. The summed E-state index contributed by atoms with van der Waals surface area (Å²) in [6.45, 7) is 3.62. The van der Waals surface area contributed by atoms with E-state index in [0.29, 0.717) is 17.7 Å². The van der Waals surface area contributed by atoms with Crippen molar-refractivity contribution in [1.82, 2.24) is 5.32 Å². The molecule has 0 radical (unpaired) electrons. The molecule has 0 bridgehead atoms. The van der Waals surface area contributed by atoms with Crippen molar-refractivity contribution in [2.75, 3.05) is 18.5 Å². The molecule has 4 aromatic carbocycles. The fourth-order valence-electron chi connectivity index (χ4n) is 6.56. The highest BCUT2D eigenvalue weighted by Gasteiger charge is 2.36. The van der Waals surface area contributed by atoms with Gasteiger partial charge < -0.3 is 30.6 Å². The Kier molecular flexibility index (Phi) is 13.3. The van der Waals surface area contributed by atoms with Crippen LogP contribution in [0.2, 0.25) is 0 Å². The lowest BCUT2D eigenvalue weighted by atomic mass is 9.85. The van der Waals surface area contributed by atoms with E-state index >= 15 is 0 Å². The van der Waals surface area contributed by atoms with Gasteiger partial charge in [-0.25, -0.2) is 9.59 Å². The molecule has 286 valence electrons. The van der Waals surface area contributed by atoms with Gasteiger partial charge in [-0.3, -0.25) is 24.5 Å². The highest BCUT2D eigenvalue weighted by molar-refractivity contribution is 6.02. The number of carbonyl (C=O) groups is 5. The number of amides is 3. The van der Waals surface area contributed by atoms with Crippen LogP contribution < -0.4 is 21.1 Å². The fraction of sp³-hybridized carbons (Fsp3) is 0.293. The first kappa shape index (κ1) is 39.6. The highest BCUT2D eigenvalue weighted by Crippen LogP contribution is 2.44. The molecule has 14 nitrogen and oxygen atoms in total. The number of esters is 1. The lowest BCUT2D eigenvalue weighted by molar-refractivity contribution is -0.384. The van der Waals surface area contributed by atoms with Crippen molar-refractivity contribution >= 4 is 41.2 Å². The Hall–Kier alpha value is -6.57. The summed E-state index contributed by atoms with van der Waals surface area (Å²) in [6.07, 6.45) is -0.686. The third kappa shape index (κ3) is 10.5. The van der Waals surface area contributed by atoms with Crippen molar-refractivity contribution in [2.24, 2.45) is 23.5 Å². The number of primary amides is 1. The Labute approximate surface area is 317 Å². The highest BCUT2D eigenvalue weighted by atomic mass is 16.7. The van der Waals surface area contributed by atoms with E-state index < -0.39 is 52.5 Å². The lowest BCUT2D eigenvalue weighted by Crippen LogP contribution is -2.35. The molecule has 0 aliphatic heterocycles. The van der Waals surface area contributed by atoms with E-state index in [-0.39, 0.29) is 50.0 Å². The number of non-ortho nitro benzene ring substituents is 1. The Morgan fingerprint density at radius 3 is 2.04 bits per heavy atom. The van der Waals surface area contributed by atoms with Crippen LogP contribution in [0.1, 0.15) is 55.7 Å². The summed E-state index contributed by atoms with van der Waals surface area (Å²) in [4.78, 5) is 74.5. The molecule has 0 heterocycles. The van der Waals surface area contributed by atoms with Gasteiger partial charge in [-0.15, -0.1) is 0 Å². The van der Waals surface area contributed by atoms with Crippen LogP contribution in [-0.2, 0) is 30.5 Å². The van der Waals surface area contributed by atoms with Gasteiger partial charge in [0.1, 0.15) is 30.7 Å². The molecule has 3 amide bonds. The molecule has 55 heavy (non-hydrogen) atoms. The van der Waals surface area contributed by atoms with Crippen molar-refractivity contribution in [1.29, 1.82) is 0 Å². The number of nitrogens with one attached hydrogen (secondary N) is 2. The van der Waals surface area contributed by atoms with Crippen LogP contribution >= 0.6 is 0 Å². The molecule has 5 rings (SSSR count). The van der Waals surface area contributed by atoms with Gasteiger partial charge in [0.15, 0.2) is 0 Å². The van der Waals surface area contributed by atoms with Crippen LogP contribution in [0, 0.1) is 27.9 Å². The second-order valence-electron chi connectivity index (χ2n) is 13.5. The zero-order valence-corrected chi connectivity index (χ0v) is 30.4. The smallest absolute Gasteiger partial charge is 0.464 e. The molecule has 0 unspecified atom stereocenters. The molecular formula is C41H42N4O10. The number of nitro benzene ring substituents is 1. The number of rotatable bonds is 17. The summed E-state index contributed by atoms with van der Waals surface area (Å²) < 4.78 is 16.0. The molecule has 0 fully saturated rings. The van der Waals surface area contributed by atoms with Crippen LogP contribution in [0.4, 0.5) is 21.0 Å². The zero-order chi connectivity index (χ0) is 39.5. The van der Waals surface area contributed by atoms with Crippen molar-refractivity contribution in [3.63, 3.8) is 0 Å². The minimum atomic E-state index is -1.10. The van der Waals surface area contributed by atoms with Gasteiger partial charge >= 0.3 is 18.2 Å². The number of ketones is 1. The van der Waals surface area contributed by atoms with Crippen molar-refractivity contribution in [3.8, 4) is 16.9 Å². The molecule has 4 N–H and O–H groups in total. The lowest BCUT2D eigenvalue weighted by Gasteiger charge is -2.23. The SMILES string of the molecule is CC(C)[C@@H](C(=O)C[C@@H](CCCNC(N)=O)C(=O)Nc1ccc(COC(=O)Oc2ccc([N+](=O)[O-])cc2)cc1)C(=O)OCC1c2ccccc2-c2ccccc21. The van der Waals surface area contributed by atoms with Crippen LogP contribution in [0.5, 0.6) is 5.75 Å². The summed E-state index contributed by atoms with van der Waals surface area (Å²) in [7, 11) is 0. The van der Waals surface area contributed by atoms with E-state index in [1.165, 1.54) is 24.3 Å². The molecule has 1 aliphatic carbocycles. The average molecular weight is 751 g/mol. The van der Waals surface area contributed by atoms with Gasteiger partial charge in [-0.1, -0.05) is 74.5 Å². The standard InChI is InChI=1S/C41H42N4O10/c1-25(2)37(39(48)53-24-35-33-11-5-3-9-31(33)32-10-4-6-12-34(32)35)36(46)22-27(8-7-21-43-40(42)49)38(47)44-28-15-13-26(14-16-28)23-54-41(50)55-30-19-17-29(18-20-30)45(51)52/h3-6,9-20,25,27,35,37H,7-8,21-24H2,1-2H3,(H,44,47)(H3,42,43,49)/t27-,37+/m1/s1. The van der Waals surface area contributed by atoms with Gasteiger partial charge in [0.25, 0.3) is 5.69 Å². The van der Waals surface area contributed by atoms with E-state index in [0.717, 1.165) is 22.3 Å². The van der Waals surface area contributed by atoms with Crippen LogP contribution in [0.3, 0.4) is 0 Å². The van der Waals surface area contributed by atoms with E-state index in [4.69, 9.17) is 19.9 Å². The Morgan fingerprint density at radius 2 is 1.45 bits per heavy atom. The maximum absolute atomic E-state index is 13.8. The Morgan fingerprint density at radius 1 is 0.836 bits per heavy atom. The first-order valence-corrected chi connectivity index (χ1v) is 17.8. The summed E-state index contributed by atoms with van der Waals surface area (Å²) >= 11 is 0. The Balaban J connectivity index is 1.19. The molecule has 0 saturated heterocycles. The summed E-state index contributed by atoms with van der Waals surface area (Å²) in [6, 6.07) is 26.6.